The molecule has 0 nitrogen and oxygen atoms in total. The average molecular weight is 289 g/mol. The molecule has 1 rings (SSSR count). The summed E-state index contributed by atoms with van der Waals surface area (Å²) in [5.74, 6) is 1.59. The smallest absolute Gasteiger partial charge is 0.0167 e. The molecule has 0 heteroatoms. The van der Waals surface area contributed by atoms with Crippen molar-refractivity contribution in [3.05, 3.63) is 36.0 Å². The second kappa shape index (κ2) is 8.61. The van der Waals surface area contributed by atoms with E-state index in [2.05, 4.69) is 59.4 Å². The first-order valence-corrected chi connectivity index (χ1v) is 8.96. The van der Waals surface area contributed by atoms with Crippen LogP contribution in [-0.2, 0) is 0 Å². The minimum Gasteiger partial charge on any atom is -0.0955 e. The maximum atomic E-state index is 4.34. The lowest BCUT2D eigenvalue weighted by atomic mass is 9.64. The average Bonchev–Trinajstić information content (AvgIpc) is 2.47. The van der Waals surface area contributed by atoms with Crippen molar-refractivity contribution in [3.63, 3.8) is 0 Å². The summed E-state index contributed by atoms with van der Waals surface area (Å²) in [6, 6.07) is 0. The molecule has 0 aromatic carbocycles. The molecule has 1 unspecified atom stereocenters. The van der Waals surface area contributed by atoms with E-state index in [9.17, 15) is 0 Å². The summed E-state index contributed by atoms with van der Waals surface area (Å²) in [5, 5.41) is 0. The summed E-state index contributed by atoms with van der Waals surface area (Å²) in [4.78, 5) is 0. The van der Waals surface area contributed by atoms with Crippen LogP contribution in [0.2, 0.25) is 0 Å². The molecule has 0 aromatic rings. The molecule has 0 aliphatic heterocycles. The van der Waals surface area contributed by atoms with Gasteiger partial charge in [0.1, 0.15) is 0 Å². The molecule has 0 bridgehead atoms. The maximum Gasteiger partial charge on any atom is -0.0167 e. The van der Waals surface area contributed by atoms with Gasteiger partial charge in [-0.05, 0) is 63.2 Å². The van der Waals surface area contributed by atoms with Crippen LogP contribution in [-0.4, -0.2) is 0 Å². The lowest BCUT2D eigenvalue weighted by molar-refractivity contribution is 0.119. The molecule has 1 aliphatic carbocycles. The van der Waals surface area contributed by atoms with Gasteiger partial charge >= 0.3 is 0 Å². The van der Waals surface area contributed by atoms with Gasteiger partial charge < -0.3 is 0 Å². The molecule has 1 aliphatic rings. The van der Waals surface area contributed by atoms with Crippen LogP contribution < -0.4 is 0 Å². The normalized spacial score (nSPS) is 28.8. The van der Waals surface area contributed by atoms with Crippen molar-refractivity contribution in [1.82, 2.24) is 0 Å². The van der Waals surface area contributed by atoms with E-state index in [4.69, 9.17) is 0 Å². The molecule has 1 atom stereocenters. The summed E-state index contributed by atoms with van der Waals surface area (Å²) < 4.78 is 0. The number of rotatable bonds is 7. The van der Waals surface area contributed by atoms with Crippen molar-refractivity contribution in [2.45, 2.75) is 79.6 Å². The fourth-order valence-electron chi connectivity index (χ4n) is 3.91. The molecule has 1 fully saturated rings. The summed E-state index contributed by atoms with van der Waals surface area (Å²) >= 11 is 0. The Hall–Kier alpha value is -0.780. The van der Waals surface area contributed by atoms with Crippen molar-refractivity contribution in [2.24, 2.45) is 17.3 Å². The fraction of sp³-hybridized carbons (Fsp3) is 0.714. The van der Waals surface area contributed by atoms with E-state index < -0.39 is 0 Å². The van der Waals surface area contributed by atoms with Crippen molar-refractivity contribution >= 4 is 0 Å². The van der Waals surface area contributed by atoms with E-state index in [0.717, 1.165) is 5.92 Å². The van der Waals surface area contributed by atoms with Gasteiger partial charge in [0.25, 0.3) is 0 Å². The van der Waals surface area contributed by atoms with E-state index in [1.165, 1.54) is 56.1 Å². The van der Waals surface area contributed by atoms with E-state index >= 15 is 0 Å². The Morgan fingerprint density at radius 2 is 1.90 bits per heavy atom. The standard InChI is InChI=1S/C21H36/c1-7-10-18(5)15-19(6)20-11-13-21(9-3,14-12-20)16-17(4)8-2/h7,10,15,17,20H,6,8-9,11-14,16H2,1-5H3/b10-7-,18-15-. The molecule has 0 spiro atoms. The van der Waals surface area contributed by atoms with Crippen LogP contribution in [0.25, 0.3) is 0 Å². The van der Waals surface area contributed by atoms with Crippen molar-refractivity contribution in [3.8, 4) is 0 Å². The zero-order chi connectivity index (χ0) is 15.9. The zero-order valence-corrected chi connectivity index (χ0v) is 15.0. The highest BCUT2D eigenvalue weighted by molar-refractivity contribution is 5.28. The molecular weight excluding hydrogens is 252 g/mol. The Morgan fingerprint density at radius 1 is 1.29 bits per heavy atom. The van der Waals surface area contributed by atoms with Crippen LogP contribution in [0.1, 0.15) is 79.6 Å². The second-order valence-electron chi connectivity index (χ2n) is 7.31. The summed E-state index contributed by atoms with van der Waals surface area (Å²) in [6.45, 7) is 15.7. The Morgan fingerprint density at radius 3 is 2.38 bits per heavy atom. The lowest BCUT2D eigenvalue weighted by Crippen LogP contribution is -2.29. The predicted molar refractivity (Wildman–Crippen MR) is 96.5 cm³/mol. The first kappa shape index (κ1) is 18.3. The first-order chi connectivity index (χ1) is 9.96. The highest BCUT2D eigenvalue weighted by Gasteiger charge is 2.34. The Kier molecular flexibility index (Phi) is 7.49. The van der Waals surface area contributed by atoms with Gasteiger partial charge in [-0.2, -0.15) is 0 Å². The van der Waals surface area contributed by atoms with Crippen molar-refractivity contribution in [1.29, 1.82) is 0 Å². The van der Waals surface area contributed by atoms with Gasteiger partial charge in [0.2, 0.25) is 0 Å². The van der Waals surface area contributed by atoms with E-state index in [1.807, 2.05) is 0 Å². The minimum atomic E-state index is 0.619. The van der Waals surface area contributed by atoms with Crippen LogP contribution >= 0.6 is 0 Å². The third-order valence-corrected chi connectivity index (χ3v) is 5.64. The summed E-state index contributed by atoms with van der Waals surface area (Å²) in [7, 11) is 0. The second-order valence-corrected chi connectivity index (χ2v) is 7.31. The molecule has 21 heavy (non-hydrogen) atoms. The third-order valence-electron chi connectivity index (χ3n) is 5.64. The molecule has 0 heterocycles. The Bertz CT molecular complexity index is 375. The molecule has 0 radical (unpaired) electrons. The zero-order valence-electron chi connectivity index (χ0n) is 15.0. The molecule has 0 aromatic heterocycles. The topological polar surface area (TPSA) is 0 Å². The Balaban J connectivity index is 2.61. The van der Waals surface area contributed by atoms with Crippen LogP contribution in [0.4, 0.5) is 0 Å². The van der Waals surface area contributed by atoms with Gasteiger partial charge in [-0.1, -0.05) is 69.6 Å². The quantitative estimate of drug-likeness (QED) is 0.439. The number of hydrogen-bond donors (Lipinski definition) is 0. The third kappa shape index (κ3) is 5.49. The lowest BCUT2D eigenvalue weighted by Gasteiger charge is -2.41. The van der Waals surface area contributed by atoms with Crippen LogP contribution in [0.5, 0.6) is 0 Å². The first-order valence-electron chi connectivity index (χ1n) is 8.96. The van der Waals surface area contributed by atoms with Crippen LogP contribution in [0.3, 0.4) is 0 Å². The van der Waals surface area contributed by atoms with Gasteiger partial charge in [0.05, 0.1) is 0 Å². The van der Waals surface area contributed by atoms with Gasteiger partial charge in [-0.3, -0.25) is 0 Å². The summed E-state index contributed by atoms with van der Waals surface area (Å²) in [5.41, 5.74) is 3.29. The van der Waals surface area contributed by atoms with E-state index in [-0.39, 0.29) is 0 Å². The van der Waals surface area contributed by atoms with Gasteiger partial charge in [0, 0.05) is 0 Å². The van der Waals surface area contributed by atoms with Gasteiger partial charge in [-0.25, -0.2) is 0 Å². The molecule has 120 valence electrons. The monoisotopic (exact) mass is 288 g/mol. The highest BCUT2D eigenvalue weighted by Crippen LogP contribution is 2.47. The number of allylic oxidation sites excluding steroid dienone is 5. The van der Waals surface area contributed by atoms with Crippen molar-refractivity contribution < 1.29 is 0 Å². The molecule has 0 amide bonds. The minimum absolute atomic E-state index is 0.619. The Labute approximate surface area is 133 Å². The maximum absolute atomic E-state index is 4.34. The fourth-order valence-corrected chi connectivity index (χ4v) is 3.91. The molecule has 1 saturated carbocycles. The van der Waals surface area contributed by atoms with E-state index in [1.54, 1.807) is 0 Å². The van der Waals surface area contributed by atoms with Gasteiger partial charge in [-0.15, -0.1) is 0 Å². The molecular formula is C21H36. The summed E-state index contributed by atoms with van der Waals surface area (Å²) in [6.07, 6.45) is 16.1. The predicted octanol–water partition coefficient (Wildman–Crippen LogP) is 7.09. The highest BCUT2D eigenvalue weighted by atomic mass is 14.4. The SMILES string of the molecule is C=C(/C=C(C)\C=C/C)C1CCC(CC)(CC(C)CC)CC1. The van der Waals surface area contributed by atoms with Crippen LogP contribution in [0, 0.1) is 17.3 Å². The number of hydrogen-bond acceptors (Lipinski definition) is 0. The molecule has 0 saturated heterocycles. The van der Waals surface area contributed by atoms with Crippen LogP contribution in [0.15, 0.2) is 36.0 Å². The van der Waals surface area contributed by atoms with Crippen molar-refractivity contribution in [2.75, 3.05) is 0 Å². The largest absolute Gasteiger partial charge is 0.0955 e. The van der Waals surface area contributed by atoms with Gasteiger partial charge in [0.15, 0.2) is 0 Å². The van der Waals surface area contributed by atoms with E-state index in [0.29, 0.717) is 11.3 Å². The molecule has 0 N–H and O–H groups in total.